The summed E-state index contributed by atoms with van der Waals surface area (Å²) >= 11 is 0. The second kappa shape index (κ2) is 5.65. The molecule has 0 radical (unpaired) electrons. The number of aromatic nitrogens is 1. The van der Waals surface area contributed by atoms with E-state index in [2.05, 4.69) is 4.98 Å². The second-order valence-electron chi connectivity index (χ2n) is 4.81. The lowest BCUT2D eigenvalue weighted by molar-refractivity contribution is -0.384. The van der Waals surface area contributed by atoms with E-state index in [1.807, 2.05) is 6.07 Å². The molecule has 0 bridgehead atoms. The Bertz CT molecular complexity index is 586. The Hall–Kier alpha value is -2.49. The molecule has 0 N–H and O–H groups in total. The van der Waals surface area contributed by atoms with E-state index in [1.165, 1.54) is 12.3 Å². The fourth-order valence-electron chi connectivity index (χ4n) is 2.38. The largest absolute Gasteiger partial charge is 0.351 e. The molecule has 7 heteroatoms. The molecule has 0 amide bonds. The zero-order chi connectivity index (χ0) is 14.7. The van der Waals surface area contributed by atoms with Crippen molar-refractivity contribution < 1.29 is 9.72 Å². The summed E-state index contributed by atoms with van der Waals surface area (Å²) in [5.41, 5.74) is 0.00407. The maximum Gasteiger partial charge on any atom is 0.312 e. The van der Waals surface area contributed by atoms with Gasteiger partial charge in [-0.1, -0.05) is 0 Å². The Labute approximate surface area is 116 Å². The zero-order valence-corrected chi connectivity index (χ0v) is 11.1. The lowest BCUT2D eigenvalue weighted by Crippen LogP contribution is -2.36. The molecule has 1 aliphatic heterocycles. The summed E-state index contributed by atoms with van der Waals surface area (Å²) in [5, 5.41) is 19.9. The van der Waals surface area contributed by atoms with Crippen molar-refractivity contribution in [3.05, 3.63) is 27.9 Å². The zero-order valence-electron chi connectivity index (χ0n) is 11.1. The van der Waals surface area contributed by atoms with Gasteiger partial charge in [-0.15, -0.1) is 0 Å². The molecule has 0 saturated carbocycles. The van der Waals surface area contributed by atoms with Gasteiger partial charge in [0.15, 0.2) is 0 Å². The van der Waals surface area contributed by atoms with Gasteiger partial charge in [-0.2, -0.15) is 5.26 Å². The van der Waals surface area contributed by atoms with Crippen LogP contribution in [0.2, 0.25) is 0 Å². The fraction of sp³-hybridized carbons (Fsp3) is 0.462. The smallest absolute Gasteiger partial charge is 0.312 e. The number of hydrogen-bond donors (Lipinski definition) is 0. The summed E-state index contributed by atoms with van der Waals surface area (Å²) in [5.74, 6) is 0.464. The van der Waals surface area contributed by atoms with Gasteiger partial charge in [-0.05, 0) is 19.8 Å². The summed E-state index contributed by atoms with van der Waals surface area (Å²) < 4.78 is 0. The standard InChI is InChI=1S/C13H14N4O3/c1-9(18)11-2-4-16(5-3-11)13-12(17(19)20)6-10(7-14)8-15-13/h6,8,11H,2-5H2,1H3. The first kappa shape index (κ1) is 13.9. The maximum absolute atomic E-state index is 11.3. The van der Waals surface area contributed by atoms with Crippen molar-refractivity contribution in [1.29, 1.82) is 5.26 Å². The number of pyridine rings is 1. The minimum atomic E-state index is -0.528. The highest BCUT2D eigenvalue weighted by Crippen LogP contribution is 2.30. The summed E-state index contributed by atoms with van der Waals surface area (Å²) in [6, 6.07) is 3.08. The van der Waals surface area contributed by atoms with E-state index in [0.717, 1.165) is 0 Å². The van der Waals surface area contributed by atoms with E-state index in [4.69, 9.17) is 5.26 Å². The number of rotatable bonds is 3. The maximum atomic E-state index is 11.3. The molecule has 1 aliphatic rings. The van der Waals surface area contributed by atoms with Crippen LogP contribution in [-0.4, -0.2) is 28.8 Å². The number of piperidine rings is 1. The molecule has 0 spiro atoms. The third-order valence-corrected chi connectivity index (χ3v) is 3.54. The van der Waals surface area contributed by atoms with Crippen LogP contribution in [-0.2, 0) is 4.79 Å². The SMILES string of the molecule is CC(=O)C1CCN(c2ncc(C#N)cc2[N+](=O)[O-])CC1. The van der Waals surface area contributed by atoms with Crippen LogP contribution in [0.3, 0.4) is 0 Å². The molecule has 2 heterocycles. The van der Waals surface area contributed by atoms with Gasteiger partial charge < -0.3 is 4.90 Å². The summed E-state index contributed by atoms with van der Waals surface area (Å²) in [6.07, 6.45) is 2.68. The van der Waals surface area contributed by atoms with Crippen molar-refractivity contribution in [3.63, 3.8) is 0 Å². The van der Waals surface area contributed by atoms with Crippen LogP contribution >= 0.6 is 0 Å². The van der Waals surface area contributed by atoms with E-state index in [9.17, 15) is 14.9 Å². The van der Waals surface area contributed by atoms with Gasteiger partial charge in [-0.25, -0.2) is 4.98 Å². The molecule has 1 saturated heterocycles. The number of ketones is 1. The molecule has 0 aromatic carbocycles. The number of carbonyl (C=O) groups excluding carboxylic acids is 1. The van der Waals surface area contributed by atoms with Gasteiger partial charge in [0, 0.05) is 31.3 Å². The van der Waals surface area contributed by atoms with E-state index >= 15 is 0 Å². The predicted octanol–water partition coefficient (Wildman–Crippen LogP) is 1.67. The molecular formula is C13H14N4O3. The predicted molar refractivity (Wildman–Crippen MR) is 71.2 cm³/mol. The van der Waals surface area contributed by atoms with Crippen molar-refractivity contribution in [1.82, 2.24) is 4.98 Å². The highest BCUT2D eigenvalue weighted by atomic mass is 16.6. The van der Waals surface area contributed by atoms with E-state index in [-0.39, 0.29) is 28.8 Å². The topological polar surface area (TPSA) is 100 Å². The highest BCUT2D eigenvalue weighted by molar-refractivity contribution is 5.78. The molecule has 7 nitrogen and oxygen atoms in total. The lowest BCUT2D eigenvalue weighted by atomic mass is 9.93. The van der Waals surface area contributed by atoms with Crippen LogP contribution in [0.4, 0.5) is 11.5 Å². The highest BCUT2D eigenvalue weighted by Gasteiger charge is 2.27. The molecule has 0 atom stereocenters. The van der Waals surface area contributed by atoms with Crippen LogP contribution in [0.5, 0.6) is 0 Å². The van der Waals surface area contributed by atoms with Crippen LogP contribution in [0.1, 0.15) is 25.3 Å². The average molecular weight is 274 g/mol. The minimum Gasteiger partial charge on any atom is -0.351 e. The Morgan fingerprint density at radius 2 is 2.20 bits per heavy atom. The van der Waals surface area contributed by atoms with Crippen molar-refractivity contribution in [2.45, 2.75) is 19.8 Å². The van der Waals surface area contributed by atoms with E-state index in [1.54, 1.807) is 11.8 Å². The number of nitro groups is 1. The van der Waals surface area contributed by atoms with Crippen molar-refractivity contribution in [3.8, 4) is 6.07 Å². The van der Waals surface area contributed by atoms with Crippen LogP contribution in [0, 0.1) is 27.4 Å². The molecule has 0 unspecified atom stereocenters. The normalized spacial score (nSPS) is 15.7. The van der Waals surface area contributed by atoms with E-state index < -0.39 is 4.92 Å². The Morgan fingerprint density at radius 3 is 2.70 bits per heavy atom. The second-order valence-corrected chi connectivity index (χ2v) is 4.81. The number of nitriles is 1. The lowest BCUT2D eigenvalue weighted by Gasteiger charge is -2.31. The molecule has 1 aromatic heterocycles. The molecule has 0 aliphatic carbocycles. The molecule has 1 aromatic rings. The molecule has 2 rings (SSSR count). The number of carbonyl (C=O) groups is 1. The minimum absolute atomic E-state index is 0.0312. The molecular weight excluding hydrogens is 260 g/mol. The third kappa shape index (κ3) is 2.74. The van der Waals surface area contributed by atoms with Gasteiger partial charge in [0.25, 0.3) is 0 Å². The fourth-order valence-corrected chi connectivity index (χ4v) is 2.38. The van der Waals surface area contributed by atoms with Crippen LogP contribution in [0.25, 0.3) is 0 Å². The quantitative estimate of drug-likeness (QED) is 0.614. The monoisotopic (exact) mass is 274 g/mol. The molecule has 104 valence electrons. The molecule has 1 fully saturated rings. The number of hydrogen-bond acceptors (Lipinski definition) is 6. The van der Waals surface area contributed by atoms with Gasteiger partial charge in [-0.3, -0.25) is 14.9 Å². The number of Topliss-reactive ketones (excluding diaryl/α,β-unsaturated/α-hetero) is 1. The van der Waals surface area contributed by atoms with Crippen LogP contribution in [0.15, 0.2) is 12.3 Å². The molecule has 20 heavy (non-hydrogen) atoms. The first-order valence-corrected chi connectivity index (χ1v) is 6.33. The van der Waals surface area contributed by atoms with Gasteiger partial charge in [0.2, 0.25) is 5.82 Å². The first-order chi connectivity index (χ1) is 9.52. The number of nitrogens with zero attached hydrogens (tertiary/aromatic N) is 4. The van der Waals surface area contributed by atoms with Gasteiger partial charge in [0.05, 0.1) is 10.5 Å². The first-order valence-electron chi connectivity index (χ1n) is 6.33. The average Bonchev–Trinajstić information content (AvgIpc) is 2.46. The third-order valence-electron chi connectivity index (χ3n) is 3.54. The van der Waals surface area contributed by atoms with Crippen molar-refractivity contribution in [2.75, 3.05) is 18.0 Å². The van der Waals surface area contributed by atoms with Gasteiger partial charge in [0.1, 0.15) is 11.9 Å². The van der Waals surface area contributed by atoms with Crippen molar-refractivity contribution >= 4 is 17.3 Å². The Kier molecular flexibility index (Phi) is 3.94. The summed E-state index contributed by atoms with van der Waals surface area (Å²) in [7, 11) is 0. The van der Waals surface area contributed by atoms with Crippen molar-refractivity contribution in [2.24, 2.45) is 5.92 Å². The Balaban J connectivity index is 2.24. The van der Waals surface area contributed by atoms with Crippen LogP contribution < -0.4 is 4.90 Å². The number of anilines is 1. The van der Waals surface area contributed by atoms with Gasteiger partial charge >= 0.3 is 5.69 Å². The van der Waals surface area contributed by atoms with E-state index in [0.29, 0.717) is 25.9 Å². The summed E-state index contributed by atoms with van der Waals surface area (Å²) in [4.78, 5) is 27.7. The summed E-state index contributed by atoms with van der Waals surface area (Å²) in [6.45, 7) is 2.69. The Morgan fingerprint density at radius 1 is 1.55 bits per heavy atom.